The normalized spacial score (nSPS) is 16.2. The van der Waals surface area contributed by atoms with Crippen molar-refractivity contribution >= 4 is 0 Å². The molecule has 0 atom stereocenters. The zero-order chi connectivity index (χ0) is 13.4. The molecule has 0 amide bonds. The molecule has 0 spiro atoms. The van der Waals surface area contributed by atoms with Crippen LogP contribution in [0.4, 0.5) is 0 Å². The molecule has 0 aliphatic heterocycles. The molecule has 18 heavy (non-hydrogen) atoms. The standard InChI is InChI=1S/C15H31NO2/c1-5-17-15(18-6-2)10-12-16(14-7-8-14)11-9-13(3)4/h13-15H,5-12H2,1-4H3. The lowest BCUT2D eigenvalue weighted by molar-refractivity contribution is -0.141. The Balaban J connectivity index is 2.26. The molecule has 0 unspecified atom stereocenters. The maximum absolute atomic E-state index is 5.61. The lowest BCUT2D eigenvalue weighted by Gasteiger charge is -2.25. The second kappa shape index (κ2) is 8.89. The van der Waals surface area contributed by atoms with Gasteiger partial charge in [-0.1, -0.05) is 13.8 Å². The van der Waals surface area contributed by atoms with Gasteiger partial charge in [-0.15, -0.1) is 0 Å². The Morgan fingerprint density at radius 1 is 1.00 bits per heavy atom. The molecular weight excluding hydrogens is 226 g/mol. The van der Waals surface area contributed by atoms with Crippen LogP contribution < -0.4 is 0 Å². The highest BCUT2D eigenvalue weighted by atomic mass is 16.7. The Labute approximate surface area is 113 Å². The Kier molecular flexibility index (Phi) is 7.87. The molecule has 1 saturated carbocycles. The van der Waals surface area contributed by atoms with Crippen LogP contribution in [0.3, 0.4) is 0 Å². The van der Waals surface area contributed by atoms with Crippen molar-refractivity contribution in [1.29, 1.82) is 0 Å². The van der Waals surface area contributed by atoms with E-state index in [-0.39, 0.29) is 6.29 Å². The van der Waals surface area contributed by atoms with Gasteiger partial charge in [0, 0.05) is 32.2 Å². The summed E-state index contributed by atoms with van der Waals surface area (Å²) in [6.45, 7) is 12.5. The number of rotatable bonds is 11. The van der Waals surface area contributed by atoms with Crippen molar-refractivity contribution in [1.82, 2.24) is 4.90 Å². The highest BCUT2D eigenvalue weighted by Crippen LogP contribution is 2.27. The topological polar surface area (TPSA) is 21.7 Å². The predicted molar refractivity (Wildman–Crippen MR) is 75.7 cm³/mol. The minimum Gasteiger partial charge on any atom is -0.353 e. The molecule has 0 bridgehead atoms. The van der Waals surface area contributed by atoms with Crippen LogP contribution in [-0.4, -0.2) is 43.5 Å². The first-order valence-electron chi connectivity index (χ1n) is 7.64. The molecule has 3 heteroatoms. The lowest BCUT2D eigenvalue weighted by Crippen LogP contribution is -2.32. The van der Waals surface area contributed by atoms with Crippen molar-refractivity contribution in [2.75, 3.05) is 26.3 Å². The molecule has 1 rings (SSSR count). The van der Waals surface area contributed by atoms with Crippen LogP contribution in [0.15, 0.2) is 0 Å². The minimum atomic E-state index is -0.0136. The van der Waals surface area contributed by atoms with Crippen molar-refractivity contribution in [2.24, 2.45) is 5.92 Å². The molecule has 108 valence electrons. The van der Waals surface area contributed by atoms with Crippen molar-refractivity contribution in [3.05, 3.63) is 0 Å². The molecule has 0 heterocycles. The number of hydrogen-bond donors (Lipinski definition) is 0. The zero-order valence-corrected chi connectivity index (χ0v) is 12.7. The van der Waals surface area contributed by atoms with Crippen LogP contribution in [0.2, 0.25) is 0 Å². The highest BCUT2D eigenvalue weighted by molar-refractivity contribution is 4.84. The summed E-state index contributed by atoms with van der Waals surface area (Å²) in [6.07, 6.45) is 5.04. The van der Waals surface area contributed by atoms with E-state index in [1.54, 1.807) is 0 Å². The largest absolute Gasteiger partial charge is 0.353 e. The van der Waals surface area contributed by atoms with Crippen LogP contribution in [0, 0.1) is 5.92 Å². The Morgan fingerprint density at radius 2 is 1.56 bits per heavy atom. The van der Waals surface area contributed by atoms with E-state index in [0.717, 1.165) is 38.1 Å². The molecule has 1 aliphatic carbocycles. The van der Waals surface area contributed by atoms with Crippen LogP contribution in [0.5, 0.6) is 0 Å². The van der Waals surface area contributed by atoms with E-state index in [1.807, 2.05) is 13.8 Å². The van der Waals surface area contributed by atoms with Gasteiger partial charge in [0.25, 0.3) is 0 Å². The van der Waals surface area contributed by atoms with Gasteiger partial charge in [0.1, 0.15) is 0 Å². The van der Waals surface area contributed by atoms with Gasteiger partial charge in [0.05, 0.1) is 0 Å². The Bertz CT molecular complexity index is 199. The molecule has 0 saturated heterocycles. The summed E-state index contributed by atoms with van der Waals surface area (Å²) in [7, 11) is 0. The van der Waals surface area contributed by atoms with Crippen molar-refractivity contribution < 1.29 is 9.47 Å². The third-order valence-electron chi connectivity index (χ3n) is 3.41. The summed E-state index contributed by atoms with van der Waals surface area (Å²) in [4.78, 5) is 2.63. The number of ether oxygens (including phenoxy) is 2. The van der Waals surface area contributed by atoms with Gasteiger partial charge in [-0.2, -0.15) is 0 Å². The van der Waals surface area contributed by atoms with Crippen LogP contribution in [-0.2, 0) is 9.47 Å². The summed E-state index contributed by atoms with van der Waals surface area (Å²) < 4.78 is 11.2. The lowest BCUT2D eigenvalue weighted by atomic mass is 10.1. The van der Waals surface area contributed by atoms with Crippen LogP contribution in [0.25, 0.3) is 0 Å². The third-order valence-corrected chi connectivity index (χ3v) is 3.41. The van der Waals surface area contributed by atoms with Gasteiger partial charge in [-0.3, -0.25) is 0 Å². The SMILES string of the molecule is CCOC(CCN(CCC(C)C)C1CC1)OCC. The van der Waals surface area contributed by atoms with E-state index in [4.69, 9.17) is 9.47 Å². The maximum atomic E-state index is 5.61. The smallest absolute Gasteiger partial charge is 0.158 e. The number of hydrogen-bond acceptors (Lipinski definition) is 3. The Hall–Kier alpha value is -0.120. The van der Waals surface area contributed by atoms with Crippen molar-refractivity contribution in [2.45, 2.75) is 65.7 Å². The molecule has 0 aromatic heterocycles. The van der Waals surface area contributed by atoms with Crippen molar-refractivity contribution in [3.8, 4) is 0 Å². The summed E-state index contributed by atoms with van der Waals surface area (Å²) in [5, 5.41) is 0. The minimum absolute atomic E-state index is 0.0136. The van der Waals surface area contributed by atoms with E-state index in [1.165, 1.54) is 25.8 Å². The quantitative estimate of drug-likeness (QED) is 0.530. The summed E-state index contributed by atoms with van der Waals surface area (Å²) >= 11 is 0. The predicted octanol–water partition coefficient (Wildman–Crippen LogP) is 3.29. The summed E-state index contributed by atoms with van der Waals surface area (Å²) in [5.74, 6) is 0.792. The molecule has 0 radical (unpaired) electrons. The molecular formula is C15H31NO2. The van der Waals surface area contributed by atoms with Crippen LogP contribution >= 0.6 is 0 Å². The van der Waals surface area contributed by atoms with Crippen LogP contribution in [0.1, 0.15) is 53.4 Å². The monoisotopic (exact) mass is 257 g/mol. The average Bonchev–Trinajstić information content (AvgIpc) is 3.13. The van der Waals surface area contributed by atoms with E-state index < -0.39 is 0 Å². The molecule has 3 nitrogen and oxygen atoms in total. The van der Waals surface area contributed by atoms with Gasteiger partial charge in [0.2, 0.25) is 0 Å². The van der Waals surface area contributed by atoms with Crippen molar-refractivity contribution in [3.63, 3.8) is 0 Å². The van der Waals surface area contributed by atoms with E-state index in [2.05, 4.69) is 18.7 Å². The maximum Gasteiger partial charge on any atom is 0.158 e. The fourth-order valence-corrected chi connectivity index (χ4v) is 2.20. The highest BCUT2D eigenvalue weighted by Gasteiger charge is 2.29. The van der Waals surface area contributed by atoms with E-state index in [9.17, 15) is 0 Å². The van der Waals surface area contributed by atoms with Gasteiger partial charge >= 0.3 is 0 Å². The van der Waals surface area contributed by atoms with Gasteiger partial charge < -0.3 is 14.4 Å². The van der Waals surface area contributed by atoms with E-state index >= 15 is 0 Å². The molecule has 0 N–H and O–H groups in total. The zero-order valence-electron chi connectivity index (χ0n) is 12.7. The van der Waals surface area contributed by atoms with Gasteiger partial charge in [-0.25, -0.2) is 0 Å². The fraction of sp³-hybridized carbons (Fsp3) is 1.00. The van der Waals surface area contributed by atoms with E-state index in [0.29, 0.717) is 0 Å². The second-order valence-electron chi connectivity index (χ2n) is 5.58. The second-order valence-corrected chi connectivity index (χ2v) is 5.58. The first kappa shape index (κ1) is 15.9. The third kappa shape index (κ3) is 6.72. The first-order chi connectivity index (χ1) is 8.67. The summed E-state index contributed by atoms with van der Waals surface area (Å²) in [5.41, 5.74) is 0. The Morgan fingerprint density at radius 3 is 2.00 bits per heavy atom. The number of nitrogens with zero attached hydrogens (tertiary/aromatic N) is 1. The molecule has 1 aliphatic rings. The average molecular weight is 257 g/mol. The molecule has 0 aromatic rings. The fourth-order valence-electron chi connectivity index (χ4n) is 2.20. The van der Waals surface area contributed by atoms with Gasteiger partial charge in [-0.05, 0) is 45.6 Å². The van der Waals surface area contributed by atoms with Gasteiger partial charge in [0.15, 0.2) is 6.29 Å². The summed E-state index contributed by atoms with van der Waals surface area (Å²) in [6, 6.07) is 0.840. The molecule has 1 fully saturated rings. The molecule has 0 aromatic carbocycles. The first-order valence-corrected chi connectivity index (χ1v) is 7.64.